The molecule has 0 heterocycles. The molecule has 0 bridgehead atoms. The van der Waals surface area contributed by atoms with Crippen LogP contribution >= 0.6 is 24.0 Å². The smallest absolute Gasteiger partial charge is 0.193 e. The van der Waals surface area contributed by atoms with Gasteiger partial charge in [-0.25, -0.2) is 4.39 Å². The van der Waals surface area contributed by atoms with Gasteiger partial charge in [0.25, 0.3) is 0 Å². The summed E-state index contributed by atoms with van der Waals surface area (Å²) in [6.45, 7) is 2.71. The number of nitrogens with zero attached hydrogens (tertiary/aromatic N) is 2. The molecule has 0 aromatic heterocycles. The molecule has 2 aromatic carbocycles. The van der Waals surface area contributed by atoms with E-state index in [2.05, 4.69) is 27.8 Å². The first-order valence-corrected chi connectivity index (χ1v) is 8.60. The third kappa shape index (κ3) is 8.13. The van der Waals surface area contributed by atoms with Crippen LogP contribution in [-0.4, -0.2) is 45.2 Å². The molecule has 0 aliphatic carbocycles. The van der Waals surface area contributed by atoms with Crippen LogP contribution in [0.3, 0.4) is 0 Å². The van der Waals surface area contributed by atoms with E-state index in [0.29, 0.717) is 19.7 Å². The molecule has 27 heavy (non-hydrogen) atoms. The quantitative estimate of drug-likeness (QED) is 0.259. The number of methoxy groups -OCH3 is 1. The van der Waals surface area contributed by atoms with Crippen molar-refractivity contribution in [3.63, 3.8) is 0 Å². The Balaban J connectivity index is 0.00000364. The van der Waals surface area contributed by atoms with Gasteiger partial charge in [-0.2, -0.15) is 0 Å². The van der Waals surface area contributed by atoms with Gasteiger partial charge in [-0.1, -0.05) is 24.3 Å². The number of hydrogen-bond acceptors (Lipinski definition) is 3. The highest BCUT2D eigenvalue weighted by Gasteiger charge is 2.07. The van der Waals surface area contributed by atoms with Gasteiger partial charge in [0, 0.05) is 46.5 Å². The zero-order valence-electron chi connectivity index (χ0n) is 16.0. The number of nitrogens with one attached hydrogen (secondary N) is 2. The van der Waals surface area contributed by atoms with Crippen molar-refractivity contribution in [3.05, 3.63) is 65.5 Å². The molecule has 2 rings (SSSR count). The van der Waals surface area contributed by atoms with Crippen molar-refractivity contribution < 1.29 is 9.13 Å². The summed E-state index contributed by atoms with van der Waals surface area (Å²) in [6, 6.07) is 14.9. The number of ether oxygens (including phenoxy) is 1. The van der Waals surface area contributed by atoms with Crippen LogP contribution in [0.1, 0.15) is 11.1 Å². The second-order valence-electron chi connectivity index (χ2n) is 6.00. The normalized spacial score (nSPS) is 10.9. The molecule has 2 N–H and O–H groups in total. The van der Waals surface area contributed by atoms with Gasteiger partial charge in [0.1, 0.15) is 5.82 Å². The molecule has 7 heteroatoms. The van der Waals surface area contributed by atoms with E-state index in [4.69, 9.17) is 4.74 Å². The van der Waals surface area contributed by atoms with Gasteiger partial charge >= 0.3 is 0 Å². The molecule has 0 atom stereocenters. The van der Waals surface area contributed by atoms with E-state index in [1.165, 1.54) is 6.07 Å². The van der Waals surface area contributed by atoms with Crippen molar-refractivity contribution in [1.29, 1.82) is 0 Å². The Morgan fingerprint density at radius 1 is 1.15 bits per heavy atom. The Morgan fingerprint density at radius 2 is 1.89 bits per heavy atom. The topological polar surface area (TPSA) is 48.9 Å². The van der Waals surface area contributed by atoms with Crippen LogP contribution in [0, 0.1) is 5.82 Å². The van der Waals surface area contributed by atoms with Crippen molar-refractivity contribution in [2.75, 3.05) is 39.7 Å². The summed E-state index contributed by atoms with van der Waals surface area (Å²) in [5.74, 6) is 0.537. The third-order valence-corrected chi connectivity index (χ3v) is 3.92. The van der Waals surface area contributed by atoms with E-state index in [1.807, 2.05) is 30.1 Å². The molecule has 2 aromatic rings. The van der Waals surface area contributed by atoms with E-state index in [1.54, 1.807) is 26.3 Å². The molecule has 0 spiro atoms. The molecule has 0 saturated carbocycles. The predicted octanol–water partition coefficient (Wildman–Crippen LogP) is 3.71. The number of anilines is 1. The second kappa shape index (κ2) is 12.5. The molecule has 0 aliphatic rings. The van der Waals surface area contributed by atoms with Crippen molar-refractivity contribution in [2.45, 2.75) is 13.1 Å². The van der Waals surface area contributed by atoms with Crippen LogP contribution < -0.4 is 10.6 Å². The number of benzene rings is 2. The first kappa shape index (κ1) is 23.2. The predicted molar refractivity (Wildman–Crippen MR) is 120 cm³/mol. The Bertz CT molecular complexity index is 709. The summed E-state index contributed by atoms with van der Waals surface area (Å²) in [5, 5.41) is 6.62. The first-order valence-electron chi connectivity index (χ1n) is 8.60. The van der Waals surface area contributed by atoms with Gasteiger partial charge in [0.2, 0.25) is 0 Å². The molecule has 0 amide bonds. The molecule has 5 nitrogen and oxygen atoms in total. The monoisotopic (exact) mass is 486 g/mol. The SMILES string of the molecule is CN=C(NCc1ccc(NCCOC)cc1)N(C)Cc1cccc(F)c1.I. The minimum Gasteiger partial charge on any atom is -0.383 e. The number of aliphatic imine (C=N–C) groups is 1. The maximum Gasteiger partial charge on any atom is 0.193 e. The molecular weight excluding hydrogens is 458 g/mol. The maximum atomic E-state index is 13.3. The van der Waals surface area contributed by atoms with Crippen LogP contribution in [-0.2, 0) is 17.8 Å². The van der Waals surface area contributed by atoms with Crippen LogP contribution in [0.25, 0.3) is 0 Å². The molecule has 148 valence electrons. The average Bonchev–Trinajstić information content (AvgIpc) is 2.63. The highest BCUT2D eigenvalue weighted by Crippen LogP contribution is 2.10. The third-order valence-electron chi connectivity index (χ3n) is 3.92. The average molecular weight is 486 g/mol. The molecule has 0 unspecified atom stereocenters. The summed E-state index contributed by atoms with van der Waals surface area (Å²) in [4.78, 5) is 6.27. The molecule has 0 saturated heterocycles. The molecule has 0 radical (unpaired) electrons. The lowest BCUT2D eigenvalue weighted by Crippen LogP contribution is -2.38. The van der Waals surface area contributed by atoms with Gasteiger partial charge in [0.15, 0.2) is 5.96 Å². The van der Waals surface area contributed by atoms with E-state index in [9.17, 15) is 4.39 Å². The fourth-order valence-electron chi connectivity index (χ4n) is 2.59. The van der Waals surface area contributed by atoms with E-state index in [0.717, 1.165) is 29.3 Å². The minimum atomic E-state index is -0.224. The van der Waals surface area contributed by atoms with Crippen LogP contribution in [0.5, 0.6) is 0 Å². The summed E-state index contributed by atoms with van der Waals surface area (Å²) in [6.07, 6.45) is 0. The lowest BCUT2D eigenvalue weighted by Gasteiger charge is -2.22. The van der Waals surface area contributed by atoms with E-state index >= 15 is 0 Å². The van der Waals surface area contributed by atoms with Gasteiger partial charge in [0.05, 0.1) is 6.61 Å². The van der Waals surface area contributed by atoms with Crippen molar-refractivity contribution in [2.24, 2.45) is 4.99 Å². The van der Waals surface area contributed by atoms with Crippen LogP contribution in [0.15, 0.2) is 53.5 Å². The van der Waals surface area contributed by atoms with Gasteiger partial charge in [-0.05, 0) is 35.4 Å². The Morgan fingerprint density at radius 3 is 2.52 bits per heavy atom. The standard InChI is InChI=1S/C20H27FN4O.HI/c1-22-20(25(2)15-17-5-4-6-18(21)13-17)24-14-16-7-9-19(10-8-16)23-11-12-26-3;/h4-10,13,23H,11-12,14-15H2,1-3H3,(H,22,24);1H. The summed E-state index contributed by atoms with van der Waals surface area (Å²) >= 11 is 0. The number of rotatable bonds is 8. The largest absolute Gasteiger partial charge is 0.383 e. The Kier molecular flexibility index (Phi) is 10.7. The van der Waals surface area contributed by atoms with E-state index < -0.39 is 0 Å². The Hall–Kier alpha value is -1.87. The van der Waals surface area contributed by atoms with Gasteiger partial charge in [-0.3, -0.25) is 4.99 Å². The molecule has 0 fully saturated rings. The highest BCUT2D eigenvalue weighted by molar-refractivity contribution is 14.0. The van der Waals surface area contributed by atoms with Crippen LogP contribution in [0.2, 0.25) is 0 Å². The fraction of sp³-hybridized carbons (Fsp3) is 0.350. The zero-order chi connectivity index (χ0) is 18.8. The molecular formula is C20H28FIN4O. The molecule has 0 aliphatic heterocycles. The summed E-state index contributed by atoms with van der Waals surface area (Å²) < 4.78 is 18.3. The van der Waals surface area contributed by atoms with Gasteiger partial charge < -0.3 is 20.3 Å². The Labute approximate surface area is 178 Å². The lowest BCUT2D eigenvalue weighted by molar-refractivity contribution is 0.211. The van der Waals surface area contributed by atoms with Crippen LogP contribution in [0.4, 0.5) is 10.1 Å². The van der Waals surface area contributed by atoms with Crippen molar-refractivity contribution in [3.8, 4) is 0 Å². The fourth-order valence-corrected chi connectivity index (χ4v) is 2.59. The highest BCUT2D eigenvalue weighted by atomic mass is 127. The number of halogens is 2. The first-order chi connectivity index (χ1) is 12.6. The number of guanidine groups is 1. The maximum absolute atomic E-state index is 13.3. The summed E-state index contributed by atoms with van der Waals surface area (Å²) in [5.41, 5.74) is 3.13. The van der Waals surface area contributed by atoms with Gasteiger partial charge in [-0.15, -0.1) is 24.0 Å². The van der Waals surface area contributed by atoms with Crippen molar-refractivity contribution in [1.82, 2.24) is 10.2 Å². The van der Waals surface area contributed by atoms with E-state index in [-0.39, 0.29) is 29.8 Å². The summed E-state index contributed by atoms with van der Waals surface area (Å²) in [7, 11) is 5.37. The lowest BCUT2D eigenvalue weighted by atomic mass is 10.2. The minimum absolute atomic E-state index is 0. The van der Waals surface area contributed by atoms with Crippen molar-refractivity contribution >= 4 is 35.6 Å². The zero-order valence-corrected chi connectivity index (χ0v) is 18.4. The second-order valence-corrected chi connectivity index (χ2v) is 6.00. The number of hydrogen-bond donors (Lipinski definition) is 2.